The lowest BCUT2D eigenvalue weighted by Gasteiger charge is -2.12. The molecule has 1 unspecified atom stereocenters. The number of anilines is 1. The van der Waals surface area contributed by atoms with Crippen molar-refractivity contribution in [3.8, 4) is 0 Å². The fraction of sp³-hybridized carbons (Fsp3) is 0.600. The Morgan fingerprint density at radius 3 is 2.94 bits per heavy atom. The molecule has 1 saturated heterocycles. The van der Waals surface area contributed by atoms with Gasteiger partial charge in [-0.15, -0.1) is 0 Å². The van der Waals surface area contributed by atoms with Gasteiger partial charge in [-0.25, -0.2) is 4.79 Å². The maximum Gasteiger partial charge on any atom is 0.330 e. The lowest BCUT2D eigenvalue weighted by Crippen LogP contribution is -2.42. The monoisotopic (exact) mass is 225 g/mol. The molecular weight excluding hydrogens is 210 g/mol. The van der Waals surface area contributed by atoms with Gasteiger partial charge >= 0.3 is 5.69 Å². The van der Waals surface area contributed by atoms with E-state index in [2.05, 4.69) is 0 Å². The summed E-state index contributed by atoms with van der Waals surface area (Å²) in [7, 11) is 1.57. The lowest BCUT2D eigenvalue weighted by atomic mass is 10.2. The van der Waals surface area contributed by atoms with E-state index in [0.29, 0.717) is 6.61 Å². The van der Waals surface area contributed by atoms with Gasteiger partial charge in [-0.2, -0.15) is 0 Å². The average Bonchev–Trinajstić information content (AvgIpc) is 2.74. The molecule has 0 aliphatic carbocycles. The Morgan fingerprint density at radius 1 is 1.56 bits per heavy atom. The molecular formula is C10H15N3O3. The molecule has 1 aromatic heterocycles. The fourth-order valence-corrected chi connectivity index (χ4v) is 1.91. The minimum atomic E-state index is -0.432. The highest BCUT2D eigenvalue weighted by molar-refractivity contribution is 5.30. The number of ether oxygens (including phenoxy) is 1. The van der Waals surface area contributed by atoms with Crippen LogP contribution in [0.25, 0.3) is 0 Å². The van der Waals surface area contributed by atoms with Crippen LogP contribution in [-0.4, -0.2) is 21.8 Å². The van der Waals surface area contributed by atoms with Crippen LogP contribution in [0.1, 0.15) is 12.8 Å². The zero-order valence-corrected chi connectivity index (χ0v) is 9.18. The zero-order chi connectivity index (χ0) is 11.7. The predicted octanol–water partition coefficient (Wildman–Crippen LogP) is -0.692. The Bertz CT molecular complexity index is 463. The molecule has 16 heavy (non-hydrogen) atoms. The first-order valence-electron chi connectivity index (χ1n) is 5.27. The van der Waals surface area contributed by atoms with Gasteiger partial charge in [0.05, 0.1) is 12.6 Å². The molecule has 6 nitrogen and oxygen atoms in total. The quantitative estimate of drug-likeness (QED) is 0.722. The standard InChI is InChI=1S/C10H15N3O3/c1-12-6-8(11)9(14)13(10(12)15)5-7-3-2-4-16-7/h6-7H,2-5,11H2,1H3. The lowest BCUT2D eigenvalue weighted by molar-refractivity contribution is 0.0948. The average molecular weight is 225 g/mol. The van der Waals surface area contributed by atoms with Crippen molar-refractivity contribution in [2.75, 3.05) is 12.3 Å². The van der Waals surface area contributed by atoms with E-state index in [9.17, 15) is 9.59 Å². The number of hydrogen-bond acceptors (Lipinski definition) is 4. The van der Waals surface area contributed by atoms with Crippen LogP contribution >= 0.6 is 0 Å². The molecule has 0 amide bonds. The Balaban J connectivity index is 2.39. The molecule has 1 atom stereocenters. The summed E-state index contributed by atoms with van der Waals surface area (Å²) in [6.45, 7) is 0.985. The SMILES string of the molecule is Cn1cc(N)c(=O)n(CC2CCCO2)c1=O. The highest BCUT2D eigenvalue weighted by atomic mass is 16.5. The van der Waals surface area contributed by atoms with Crippen molar-refractivity contribution >= 4 is 5.69 Å². The molecule has 1 fully saturated rings. The second-order valence-corrected chi connectivity index (χ2v) is 4.03. The highest BCUT2D eigenvalue weighted by Crippen LogP contribution is 2.12. The van der Waals surface area contributed by atoms with Gasteiger partial charge in [-0.3, -0.25) is 9.36 Å². The van der Waals surface area contributed by atoms with E-state index >= 15 is 0 Å². The van der Waals surface area contributed by atoms with E-state index in [1.807, 2.05) is 0 Å². The van der Waals surface area contributed by atoms with Crippen molar-refractivity contribution in [1.82, 2.24) is 9.13 Å². The first-order valence-corrected chi connectivity index (χ1v) is 5.27. The minimum Gasteiger partial charge on any atom is -0.393 e. The number of aromatic nitrogens is 2. The van der Waals surface area contributed by atoms with Gasteiger partial charge in [0.2, 0.25) is 0 Å². The van der Waals surface area contributed by atoms with Crippen LogP contribution in [0.15, 0.2) is 15.8 Å². The van der Waals surface area contributed by atoms with Crippen LogP contribution in [0, 0.1) is 0 Å². The smallest absolute Gasteiger partial charge is 0.330 e. The van der Waals surface area contributed by atoms with Gasteiger partial charge in [0.15, 0.2) is 0 Å². The maximum atomic E-state index is 11.7. The van der Waals surface area contributed by atoms with E-state index in [0.717, 1.165) is 17.4 Å². The predicted molar refractivity (Wildman–Crippen MR) is 59.3 cm³/mol. The van der Waals surface area contributed by atoms with E-state index < -0.39 is 5.56 Å². The van der Waals surface area contributed by atoms with E-state index in [4.69, 9.17) is 10.5 Å². The molecule has 1 aliphatic heterocycles. The van der Waals surface area contributed by atoms with Gasteiger partial charge in [0, 0.05) is 19.9 Å². The number of nitrogens with zero attached hydrogens (tertiary/aromatic N) is 2. The largest absolute Gasteiger partial charge is 0.393 e. The van der Waals surface area contributed by atoms with Crippen LogP contribution < -0.4 is 17.0 Å². The van der Waals surface area contributed by atoms with Gasteiger partial charge < -0.3 is 15.0 Å². The summed E-state index contributed by atoms with van der Waals surface area (Å²) in [5, 5.41) is 0. The molecule has 2 heterocycles. The summed E-state index contributed by atoms with van der Waals surface area (Å²) in [6.07, 6.45) is 3.15. The van der Waals surface area contributed by atoms with E-state index in [1.54, 1.807) is 7.05 Å². The third kappa shape index (κ3) is 1.88. The molecule has 0 bridgehead atoms. The number of hydrogen-bond donors (Lipinski definition) is 1. The molecule has 6 heteroatoms. The topological polar surface area (TPSA) is 79.2 Å². The Labute approximate surface area is 92.3 Å². The summed E-state index contributed by atoms with van der Waals surface area (Å²) in [5.74, 6) is 0. The normalized spacial score (nSPS) is 20.2. The Morgan fingerprint density at radius 2 is 2.31 bits per heavy atom. The third-order valence-electron chi connectivity index (χ3n) is 2.77. The van der Waals surface area contributed by atoms with Crippen LogP contribution in [-0.2, 0) is 18.3 Å². The summed E-state index contributed by atoms with van der Waals surface area (Å²) in [5.41, 5.74) is 4.83. The van der Waals surface area contributed by atoms with Gasteiger partial charge in [0.25, 0.3) is 5.56 Å². The molecule has 0 saturated carbocycles. The second kappa shape index (κ2) is 4.13. The molecule has 0 spiro atoms. The number of aryl methyl sites for hydroxylation is 1. The van der Waals surface area contributed by atoms with Crippen LogP contribution in [0.2, 0.25) is 0 Å². The second-order valence-electron chi connectivity index (χ2n) is 4.03. The zero-order valence-electron chi connectivity index (χ0n) is 9.18. The number of nitrogens with two attached hydrogens (primary N) is 1. The third-order valence-corrected chi connectivity index (χ3v) is 2.77. The van der Waals surface area contributed by atoms with Crippen LogP contribution in [0.5, 0.6) is 0 Å². The first kappa shape index (κ1) is 10.9. The summed E-state index contributed by atoms with van der Waals surface area (Å²) in [6, 6.07) is 0. The molecule has 0 aromatic carbocycles. The van der Waals surface area contributed by atoms with E-state index in [-0.39, 0.29) is 24.0 Å². The molecule has 1 aliphatic rings. The maximum absolute atomic E-state index is 11.7. The first-order chi connectivity index (χ1) is 7.59. The molecule has 2 N–H and O–H groups in total. The number of rotatable bonds is 2. The van der Waals surface area contributed by atoms with Crippen molar-refractivity contribution in [3.05, 3.63) is 27.0 Å². The Kier molecular flexibility index (Phi) is 2.82. The molecule has 2 rings (SSSR count). The van der Waals surface area contributed by atoms with Crippen molar-refractivity contribution in [2.45, 2.75) is 25.5 Å². The van der Waals surface area contributed by atoms with Crippen molar-refractivity contribution < 1.29 is 4.74 Å². The van der Waals surface area contributed by atoms with Gasteiger partial charge in [-0.05, 0) is 12.8 Å². The molecule has 0 radical (unpaired) electrons. The molecule has 1 aromatic rings. The van der Waals surface area contributed by atoms with Crippen molar-refractivity contribution in [2.24, 2.45) is 7.05 Å². The summed E-state index contributed by atoms with van der Waals surface area (Å²) >= 11 is 0. The highest BCUT2D eigenvalue weighted by Gasteiger charge is 2.18. The van der Waals surface area contributed by atoms with E-state index in [1.165, 1.54) is 10.8 Å². The summed E-state index contributed by atoms with van der Waals surface area (Å²) in [4.78, 5) is 23.4. The Hall–Kier alpha value is -1.56. The van der Waals surface area contributed by atoms with Crippen LogP contribution in [0.3, 0.4) is 0 Å². The summed E-state index contributed by atoms with van der Waals surface area (Å²) < 4.78 is 7.85. The van der Waals surface area contributed by atoms with Crippen molar-refractivity contribution in [1.29, 1.82) is 0 Å². The molecule has 88 valence electrons. The fourth-order valence-electron chi connectivity index (χ4n) is 1.91. The van der Waals surface area contributed by atoms with Crippen LogP contribution in [0.4, 0.5) is 5.69 Å². The van der Waals surface area contributed by atoms with Gasteiger partial charge in [0.1, 0.15) is 5.69 Å². The van der Waals surface area contributed by atoms with Gasteiger partial charge in [-0.1, -0.05) is 0 Å². The number of nitrogen functional groups attached to an aromatic ring is 1. The van der Waals surface area contributed by atoms with Crippen molar-refractivity contribution in [3.63, 3.8) is 0 Å². The minimum absolute atomic E-state index is 0.0489.